The van der Waals surface area contributed by atoms with Crippen LogP contribution >= 0.6 is 23.5 Å². The smallest absolute Gasteiger partial charge is 0.283 e. The predicted octanol–water partition coefficient (Wildman–Crippen LogP) is 6.25. The van der Waals surface area contributed by atoms with Gasteiger partial charge in [0.15, 0.2) is 12.0 Å². The summed E-state index contributed by atoms with van der Waals surface area (Å²) in [5, 5.41) is 2.59. The summed E-state index contributed by atoms with van der Waals surface area (Å²) in [6, 6.07) is 21.9. The Morgan fingerprint density at radius 3 is 2.37 bits per heavy atom. The molecule has 3 aromatic carbocycles. The van der Waals surface area contributed by atoms with Gasteiger partial charge >= 0.3 is 0 Å². The van der Waals surface area contributed by atoms with Gasteiger partial charge in [-0.3, -0.25) is 14.4 Å². The fraction of sp³-hybridized carbons (Fsp3) is 0.138. The van der Waals surface area contributed by atoms with Crippen LogP contribution in [0.5, 0.6) is 11.5 Å². The lowest BCUT2D eigenvalue weighted by Crippen LogP contribution is -2.15. The number of nitrogens with one attached hydrogen (secondary N) is 1. The molecule has 0 unspecified atom stereocenters. The van der Waals surface area contributed by atoms with E-state index in [0.29, 0.717) is 33.7 Å². The fourth-order valence-electron chi connectivity index (χ4n) is 3.56. The highest BCUT2D eigenvalue weighted by Crippen LogP contribution is 2.32. The van der Waals surface area contributed by atoms with E-state index in [2.05, 4.69) is 5.32 Å². The van der Waals surface area contributed by atoms with Crippen LogP contribution in [0.3, 0.4) is 0 Å². The number of amides is 1. The van der Waals surface area contributed by atoms with Gasteiger partial charge in [-0.05, 0) is 78.2 Å². The first kappa shape index (κ1) is 27.1. The summed E-state index contributed by atoms with van der Waals surface area (Å²) in [6.07, 6.45) is 4.25. The van der Waals surface area contributed by atoms with E-state index in [1.165, 1.54) is 7.05 Å². The number of fused-ring (bicyclic) bond motifs is 1. The lowest BCUT2D eigenvalue weighted by molar-refractivity contribution is -0.104. The summed E-state index contributed by atoms with van der Waals surface area (Å²) in [4.78, 5) is 37.4. The van der Waals surface area contributed by atoms with E-state index in [0.717, 1.165) is 27.8 Å². The number of aldehydes is 1. The topological polar surface area (TPSA) is 94.8 Å². The van der Waals surface area contributed by atoms with Crippen LogP contribution in [-0.4, -0.2) is 38.0 Å². The second-order valence-corrected chi connectivity index (χ2v) is 9.81. The number of rotatable bonds is 10. The molecule has 0 spiro atoms. The number of thioether (sulfide) groups is 2. The number of carbonyl (C=O) groups is 2. The fourth-order valence-corrected chi connectivity index (χ4v) is 4.53. The zero-order valence-electron chi connectivity index (χ0n) is 20.8. The third kappa shape index (κ3) is 6.67. The van der Waals surface area contributed by atoms with E-state index in [-0.39, 0.29) is 29.6 Å². The summed E-state index contributed by atoms with van der Waals surface area (Å²) >= 11 is 2.45. The highest BCUT2D eigenvalue weighted by Gasteiger charge is 2.17. The minimum Gasteiger partial charge on any atom is -0.490 e. The summed E-state index contributed by atoms with van der Waals surface area (Å²) in [7, 11) is 1.50. The standard InChI is InChI=1S/C29H25NO6S2/c1-30-29(33)38-23(18-31)17-19-7-11-21(12-8-19)34-15-16-35-28-26(32)24-5-3-4-6-25(24)36-27(28)20-9-13-22(37-2)14-10-20/h3-14,17-18H,15-16H2,1-2H3,(H,30,33)/b23-17-. The van der Waals surface area contributed by atoms with E-state index in [4.69, 9.17) is 13.9 Å². The molecule has 1 amide bonds. The average Bonchev–Trinajstić information content (AvgIpc) is 2.96. The largest absolute Gasteiger partial charge is 0.490 e. The van der Waals surface area contributed by atoms with Crippen molar-refractivity contribution in [2.45, 2.75) is 4.90 Å². The molecule has 1 aromatic heterocycles. The van der Waals surface area contributed by atoms with Crippen LogP contribution in [0.15, 0.2) is 91.8 Å². The first-order valence-corrected chi connectivity index (χ1v) is 13.7. The van der Waals surface area contributed by atoms with Crippen LogP contribution in [-0.2, 0) is 4.79 Å². The van der Waals surface area contributed by atoms with Gasteiger partial charge in [-0.1, -0.05) is 24.3 Å². The molecule has 38 heavy (non-hydrogen) atoms. The van der Waals surface area contributed by atoms with Gasteiger partial charge in [0.25, 0.3) is 5.24 Å². The third-order valence-corrected chi connectivity index (χ3v) is 7.01. The zero-order valence-corrected chi connectivity index (χ0v) is 22.4. The molecule has 1 N–H and O–H groups in total. The van der Waals surface area contributed by atoms with Crippen molar-refractivity contribution < 1.29 is 23.5 Å². The monoisotopic (exact) mass is 547 g/mol. The summed E-state index contributed by atoms with van der Waals surface area (Å²) < 4.78 is 17.8. The molecular formula is C29H25NO6S2. The lowest BCUT2D eigenvalue weighted by atomic mass is 10.1. The van der Waals surface area contributed by atoms with Gasteiger partial charge < -0.3 is 19.2 Å². The molecule has 0 aliphatic carbocycles. The molecule has 0 saturated heterocycles. The number of ether oxygens (including phenoxy) is 2. The molecule has 194 valence electrons. The van der Waals surface area contributed by atoms with E-state index < -0.39 is 0 Å². The second-order valence-electron chi connectivity index (χ2n) is 7.88. The van der Waals surface area contributed by atoms with Crippen molar-refractivity contribution in [2.24, 2.45) is 0 Å². The SMILES string of the molecule is CNC(=O)S/C(C=O)=C\c1ccc(OCCOc2c(-c3ccc(SC)cc3)oc3ccccc3c2=O)cc1. The van der Waals surface area contributed by atoms with E-state index in [1.807, 2.05) is 36.6 Å². The number of carbonyl (C=O) groups excluding carboxylic acids is 2. The van der Waals surface area contributed by atoms with Gasteiger partial charge in [0.2, 0.25) is 11.2 Å². The van der Waals surface area contributed by atoms with Crippen molar-refractivity contribution in [3.8, 4) is 22.8 Å². The maximum absolute atomic E-state index is 13.3. The molecule has 7 nitrogen and oxygen atoms in total. The van der Waals surface area contributed by atoms with E-state index >= 15 is 0 Å². The van der Waals surface area contributed by atoms with Crippen LogP contribution in [0.4, 0.5) is 4.79 Å². The summed E-state index contributed by atoms with van der Waals surface area (Å²) in [5.74, 6) is 1.11. The molecule has 0 atom stereocenters. The molecule has 4 rings (SSSR count). The average molecular weight is 548 g/mol. The van der Waals surface area contributed by atoms with Crippen LogP contribution in [0.2, 0.25) is 0 Å². The Kier molecular flexibility index (Phi) is 9.29. The van der Waals surface area contributed by atoms with Crippen molar-refractivity contribution in [3.05, 3.63) is 93.5 Å². The quantitative estimate of drug-likeness (QED) is 0.108. The Morgan fingerprint density at radius 2 is 1.68 bits per heavy atom. The van der Waals surface area contributed by atoms with Crippen molar-refractivity contribution in [1.29, 1.82) is 0 Å². The molecule has 0 aliphatic rings. The molecule has 0 fully saturated rings. The highest BCUT2D eigenvalue weighted by atomic mass is 32.2. The minimum atomic E-state index is -0.316. The van der Waals surface area contributed by atoms with Gasteiger partial charge in [0.05, 0.1) is 10.3 Å². The van der Waals surface area contributed by atoms with Gasteiger partial charge in [-0.2, -0.15) is 0 Å². The lowest BCUT2D eigenvalue weighted by Gasteiger charge is -2.13. The normalized spacial score (nSPS) is 11.3. The highest BCUT2D eigenvalue weighted by molar-refractivity contribution is 8.17. The van der Waals surface area contributed by atoms with Crippen LogP contribution in [0, 0.1) is 0 Å². The Hall–Kier alpha value is -3.95. The Morgan fingerprint density at radius 1 is 0.974 bits per heavy atom. The molecular weight excluding hydrogens is 522 g/mol. The maximum Gasteiger partial charge on any atom is 0.283 e. The Balaban J connectivity index is 1.46. The third-order valence-electron chi connectivity index (χ3n) is 5.43. The van der Waals surface area contributed by atoms with Crippen molar-refractivity contribution >= 4 is 52.1 Å². The number of para-hydroxylation sites is 1. The molecule has 0 bridgehead atoms. The van der Waals surface area contributed by atoms with E-state index in [9.17, 15) is 14.4 Å². The number of hydrogen-bond donors (Lipinski definition) is 1. The first-order chi connectivity index (χ1) is 18.5. The van der Waals surface area contributed by atoms with Crippen molar-refractivity contribution in [2.75, 3.05) is 26.5 Å². The van der Waals surface area contributed by atoms with Crippen LogP contribution < -0.4 is 20.2 Å². The van der Waals surface area contributed by atoms with Crippen molar-refractivity contribution in [3.63, 3.8) is 0 Å². The molecule has 9 heteroatoms. The van der Waals surface area contributed by atoms with Gasteiger partial charge in [0, 0.05) is 17.5 Å². The molecule has 0 saturated carbocycles. The summed E-state index contributed by atoms with van der Waals surface area (Å²) in [6.45, 7) is 0.317. The maximum atomic E-state index is 13.3. The Labute approximate surface area is 228 Å². The van der Waals surface area contributed by atoms with Gasteiger partial charge in [0.1, 0.15) is 24.5 Å². The number of benzene rings is 3. The summed E-state index contributed by atoms with van der Waals surface area (Å²) in [5.41, 5.74) is 1.74. The predicted molar refractivity (Wildman–Crippen MR) is 153 cm³/mol. The number of hydrogen-bond acceptors (Lipinski definition) is 8. The second kappa shape index (κ2) is 13.0. The van der Waals surface area contributed by atoms with E-state index in [1.54, 1.807) is 60.3 Å². The van der Waals surface area contributed by atoms with Crippen LogP contribution in [0.25, 0.3) is 28.4 Å². The molecule has 0 aliphatic heterocycles. The molecule has 1 heterocycles. The molecule has 0 radical (unpaired) electrons. The minimum absolute atomic E-state index is 0.124. The van der Waals surface area contributed by atoms with Crippen LogP contribution in [0.1, 0.15) is 5.56 Å². The molecule has 4 aromatic rings. The van der Waals surface area contributed by atoms with Gasteiger partial charge in [-0.15, -0.1) is 11.8 Å². The number of allylic oxidation sites excluding steroid dienone is 1. The first-order valence-electron chi connectivity index (χ1n) is 11.6. The van der Waals surface area contributed by atoms with Crippen molar-refractivity contribution in [1.82, 2.24) is 5.32 Å². The Bertz CT molecular complexity index is 1510. The van der Waals surface area contributed by atoms with Gasteiger partial charge in [-0.25, -0.2) is 0 Å². The zero-order chi connectivity index (χ0) is 26.9.